The van der Waals surface area contributed by atoms with Gasteiger partial charge in [0.1, 0.15) is 11.5 Å². The first-order valence-electron chi connectivity index (χ1n) is 7.62. The number of hydrogen-bond donors (Lipinski definition) is 2. The van der Waals surface area contributed by atoms with Crippen LogP contribution in [0.5, 0.6) is 11.5 Å². The molecule has 0 saturated heterocycles. The average molecular weight is 498 g/mol. The molecule has 0 amide bonds. The lowest BCUT2D eigenvalue weighted by atomic mass is 10.2. The molecule has 134 valence electrons. The zero-order valence-corrected chi connectivity index (χ0v) is 17.6. The molecular formula is C17H14Br2N4O2S. The molecule has 0 bridgehead atoms. The van der Waals surface area contributed by atoms with Gasteiger partial charge >= 0.3 is 0 Å². The van der Waals surface area contributed by atoms with Crippen molar-refractivity contribution in [3.05, 3.63) is 55.7 Å². The minimum absolute atomic E-state index is 0.0897. The average Bonchev–Trinajstić information content (AvgIpc) is 2.98. The van der Waals surface area contributed by atoms with Crippen LogP contribution in [0.3, 0.4) is 0 Å². The van der Waals surface area contributed by atoms with Crippen molar-refractivity contribution in [2.24, 2.45) is 5.10 Å². The number of nitrogens with zero attached hydrogens (tertiary/aromatic N) is 3. The van der Waals surface area contributed by atoms with Crippen LogP contribution < -0.4 is 4.74 Å². The van der Waals surface area contributed by atoms with Crippen molar-refractivity contribution in [3.63, 3.8) is 0 Å². The minimum atomic E-state index is 0.0897. The number of aromatic hydroxyl groups is 1. The van der Waals surface area contributed by atoms with E-state index in [9.17, 15) is 5.11 Å². The third-order valence-electron chi connectivity index (χ3n) is 3.42. The van der Waals surface area contributed by atoms with Gasteiger partial charge in [-0.2, -0.15) is 14.9 Å². The van der Waals surface area contributed by atoms with E-state index in [1.54, 1.807) is 12.1 Å². The van der Waals surface area contributed by atoms with Crippen LogP contribution in [0.4, 0.5) is 0 Å². The maximum absolute atomic E-state index is 10.2. The maximum Gasteiger partial charge on any atom is 0.216 e. The van der Waals surface area contributed by atoms with E-state index < -0.39 is 0 Å². The van der Waals surface area contributed by atoms with Crippen molar-refractivity contribution < 1.29 is 9.84 Å². The zero-order valence-electron chi connectivity index (χ0n) is 13.6. The van der Waals surface area contributed by atoms with E-state index in [2.05, 4.69) is 47.2 Å². The Morgan fingerprint density at radius 1 is 1.35 bits per heavy atom. The van der Waals surface area contributed by atoms with Crippen LogP contribution in [0.15, 0.2) is 50.4 Å². The van der Waals surface area contributed by atoms with Gasteiger partial charge in [0.05, 0.1) is 17.3 Å². The summed E-state index contributed by atoms with van der Waals surface area (Å²) in [6.07, 6.45) is 1.52. The smallest absolute Gasteiger partial charge is 0.216 e. The van der Waals surface area contributed by atoms with Crippen molar-refractivity contribution in [2.75, 3.05) is 6.61 Å². The van der Waals surface area contributed by atoms with E-state index in [0.29, 0.717) is 27.2 Å². The fraction of sp³-hybridized carbons (Fsp3) is 0.118. The number of aromatic nitrogens is 3. The predicted molar refractivity (Wildman–Crippen MR) is 111 cm³/mol. The van der Waals surface area contributed by atoms with Crippen LogP contribution in [0, 0.1) is 4.77 Å². The minimum Gasteiger partial charge on any atom is -0.506 e. The molecule has 0 aliphatic rings. The molecule has 2 N–H and O–H groups in total. The Labute approximate surface area is 171 Å². The van der Waals surface area contributed by atoms with Crippen LogP contribution >= 0.6 is 44.1 Å². The standard InChI is InChI=1S/C17H14Br2N4O2S/c1-2-25-13-5-3-4-10(7-13)16-21-22-17(26)23(16)20-9-11-6-12(18)8-14(19)15(11)24/h3-9,24H,2H2,1H3,(H,22,26). The molecule has 3 aromatic rings. The Hall–Kier alpha value is -1.97. The molecule has 2 aromatic carbocycles. The Balaban J connectivity index is 2.02. The number of halogens is 2. The summed E-state index contributed by atoms with van der Waals surface area (Å²) in [7, 11) is 0. The molecule has 0 aliphatic carbocycles. The van der Waals surface area contributed by atoms with Crippen molar-refractivity contribution in [1.82, 2.24) is 14.9 Å². The van der Waals surface area contributed by atoms with Gasteiger partial charge in [-0.15, -0.1) is 0 Å². The second kappa shape index (κ2) is 8.15. The summed E-state index contributed by atoms with van der Waals surface area (Å²) in [4.78, 5) is 0. The fourth-order valence-corrected chi connectivity index (χ4v) is 3.72. The summed E-state index contributed by atoms with van der Waals surface area (Å²) in [5, 5.41) is 21.5. The van der Waals surface area contributed by atoms with Gasteiger partial charge in [0.25, 0.3) is 0 Å². The van der Waals surface area contributed by atoms with Crippen LogP contribution in [0.1, 0.15) is 12.5 Å². The number of ether oxygens (including phenoxy) is 1. The first-order chi connectivity index (χ1) is 12.5. The van der Waals surface area contributed by atoms with Crippen LogP contribution in [0.25, 0.3) is 11.4 Å². The monoisotopic (exact) mass is 496 g/mol. The summed E-state index contributed by atoms with van der Waals surface area (Å²) >= 11 is 12.0. The van der Waals surface area contributed by atoms with Crippen molar-refractivity contribution >= 4 is 50.3 Å². The quantitative estimate of drug-likeness (QED) is 0.379. The van der Waals surface area contributed by atoms with Gasteiger partial charge in [-0.25, -0.2) is 5.10 Å². The first-order valence-corrected chi connectivity index (χ1v) is 9.62. The molecule has 0 fully saturated rings. The Bertz CT molecular complexity index is 1030. The molecule has 1 aromatic heterocycles. The summed E-state index contributed by atoms with van der Waals surface area (Å²) in [6, 6.07) is 11.0. The lowest BCUT2D eigenvalue weighted by Gasteiger charge is -2.06. The number of benzene rings is 2. The van der Waals surface area contributed by atoms with Crippen LogP contribution in [0.2, 0.25) is 0 Å². The Morgan fingerprint density at radius 2 is 2.15 bits per heavy atom. The molecule has 1 heterocycles. The SMILES string of the molecule is CCOc1cccc(-c2n[nH]c(=S)n2N=Cc2cc(Br)cc(Br)c2O)c1. The molecule has 9 heteroatoms. The van der Waals surface area contributed by atoms with E-state index in [0.717, 1.165) is 15.8 Å². The molecule has 0 aliphatic heterocycles. The molecular weight excluding hydrogens is 484 g/mol. The predicted octanol–water partition coefficient (Wildman–Crippen LogP) is 5.12. The van der Waals surface area contributed by atoms with Gasteiger partial charge in [0.2, 0.25) is 4.77 Å². The second-order valence-electron chi connectivity index (χ2n) is 5.20. The van der Waals surface area contributed by atoms with E-state index in [-0.39, 0.29) is 5.75 Å². The highest BCUT2D eigenvalue weighted by Gasteiger charge is 2.10. The van der Waals surface area contributed by atoms with E-state index in [4.69, 9.17) is 17.0 Å². The molecule has 0 saturated carbocycles. The Kier molecular flexibility index (Phi) is 5.90. The number of phenols is 1. The number of nitrogens with one attached hydrogen (secondary N) is 1. The van der Waals surface area contributed by atoms with Crippen molar-refractivity contribution in [2.45, 2.75) is 6.92 Å². The molecule has 0 spiro atoms. The van der Waals surface area contributed by atoms with E-state index >= 15 is 0 Å². The van der Waals surface area contributed by atoms with E-state index in [1.807, 2.05) is 31.2 Å². The van der Waals surface area contributed by atoms with Gasteiger partial charge in [0.15, 0.2) is 5.82 Å². The van der Waals surface area contributed by atoms with Crippen molar-refractivity contribution in [3.8, 4) is 22.9 Å². The van der Waals surface area contributed by atoms with Gasteiger partial charge < -0.3 is 9.84 Å². The Morgan fingerprint density at radius 3 is 2.92 bits per heavy atom. The normalized spacial score (nSPS) is 11.2. The summed E-state index contributed by atoms with van der Waals surface area (Å²) in [5.41, 5.74) is 1.34. The highest BCUT2D eigenvalue weighted by molar-refractivity contribution is 9.11. The van der Waals surface area contributed by atoms with Gasteiger partial charge in [0, 0.05) is 15.6 Å². The lowest BCUT2D eigenvalue weighted by molar-refractivity contribution is 0.340. The third kappa shape index (κ3) is 4.05. The molecule has 0 unspecified atom stereocenters. The summed E-state index contributed by atoms with van der Waals surface area (Å²) < 4.78 is 8.74. The van der Waals surface area contributed by atoms with Gasteiger partial charge in [-0.05, 0) is 59.3 Å². The third-order valence-corrected chi connectivity index (χ3v) is 4.75. The number of rotatable bonds is 5. The van der Waals surface area contributed by atoms with Gasteiger partial charge in [-0.3, -0.25) is 0 Å². The fourth-order valence-electron chi connectivity index (χ4n) is 2.28. The van der Waals surface area contributed by atoms with Crippen molar-refractivity contribution in [1.29, 1.82) is 0 Å². The van der Waals surface area contributed by atoms with E-state index in [1.165, 1.54) is 10.9 Å². The number of phenolic OH excluding ortho intramolecular Hbond substituents is 1. The molecule has 3 rings (SSSR count). The molecule has 26 heavy (non-hydrogen) atoms. The maximum atomic E-state index is 10.2. The lowest BCUT2D eigenvalue weighted by Crippen LogP contribution is -1.97. The molecule has 6 nitrogen and oxygen atoms in total. The zero-order chi connectivity index (χ0) is 18.7. The second-order valence-corrected chi connectivity index (χ2v) is 7.35. The number of H-pyrrole nitrogens is 1. The van der Waals surface area contributed by atoms with Crippen LogP contribution in [-0.2, 0) is 0 Å². The highest BCUT2D eigenvalue weighted by Crippen LogP contribution is 2.31. The number of hydrogen-bond acceptors (Lipinski definition) is 5. The molecule has 0 radical (unpaired) electrons. The topological polar surface area (TPSA) is 75.4 Å². The largest absolute Gasteiger partial charge is 0.506 e. The first kappa shape index (κ1) is 18.8. The van der Waals surface area contributed by atoms with Gasteiger partial charge in [-0.1, -0.05) is 28.1 Å². The van der Waals surface area contributed by atoms with Crippen LogP contribution in [-0.4, -0.2) is 32.8 Å². The molecule has 0 atom stereocenters. The summed E-state index contributed by atoms with van der Waals surface area (Å²) in [5.74, 6) is 1.37. The summed E-state index contributed by atoms with van der Waals surface area (Å²) in [6.45, 7) is 2.50. The number of aromatic amines is 1. The highest BCUT2D eigenvalue weighted by atomic mass is 79.9.